The highest BCUT2D eigenvalue weighted by Crippen LogP contribution is 2.17. The fourth-order valence-corrected chi connectivity index (χ4v) is 9.67. The van der Waals surface area contributed by atoms with E-state index in [-0.39, 0.29) is 31.1 Å². The maximum atomic E-state index is 12.9. The van der Waals surface area contributed by atoms with Crippen LogP contribution in [0.25, 0.3) is 0 Å². The average molecular weight is 1110 g/mol. The first-order valence-electron chi connectivity index (χ1n) is 34.2. The Bertz CT molecular complexity index is 1560. The van der Waals surface area contributed by atoms with Gasteiger partial charge >= 0.3 is 17.9 Å². The number of carbonyl (C=O) groups is 3. The van der Waals surface area contributed by atoms with Crippen LogP contribution in [-0.2, 0) is 28.6 Å². The number of hydrogen-bond donors (Lipinski definition) is 0. The Kier molecular flexibility index (Phi) is 64.7. The highest BCUT2D eigenvalue weighted by molar-refractivity contribution is 5.71. The molecule has 0 fully saturated rings. The maximum absolute atomic E-state index is 12.9. The van der Waals surface area contributed by atoms with E-state index in [2.05, 4.69) is 118 Å². The van der Waals surface area contributed by atoms with E-state index in [9.17, 15) is 14.4 Å². The summed E-state index contributed by atoms with van der Waals surface area (Å²) in [5.41, 5.74) is 0. The summed E-state index contributed by atoms with van der Waals surface area (Å²) in [6, 6.07) is 0. The highest BCUT2D eigenvalue weighted by atomic mass is 16.6. The SMILES string of the molecule is CC/C=C\C/C=C\C/C=C\C/C=C\C/C=C\CCCCCCCCCCCCCCCC(=O)OCC(COC(=O)CCCCCCC/C=C\CCCCCCCC)OC(=O)CCCCCCCCC/C=C\C/C=C\CCCCCC. The lowest BCUT2D eigenvalue weighted by molar-refractivity contribution is -0.167. The molecule has 1 atom stereocenters. The number of rotatable bonds is 62. The van der Waals surface area contributed by atoms with E-state index in [1.165, 1.54) is 186 Å². The van der Waals surface area contributed by atoms with Gasteiger partial charge in [-0.05, 0) is 122 Å². The predicted octanol–water partition coefficient (Wildman–Crippen LogP) is 23.6. The molecule has 0 aromatic heterocycles. The van der Waals surface area contributed by atoms with Crippen LogP contribution in [0.1, 0.15) is 335 Å². The molecule has 0 saturated heterocycles. The Labute approximate surface area is 496 Å². The predicted molar refractivity (Wildman–Crippen MR) is 348 cm³/mol. The van der Waals surface area contributed by atoms with Gasteiger partial charge in [0.2, 0.25) is 0 Å². The third-order valence-corrected chi connectivity index (χ3v) is 14.8. The van der Waals surface area contributed by atoms with Crippen LogP contribution in [0.15, 0.2) is 97.2 Å². The molecule has 6 nitrogen and oxygen atoms in total. The van der Waals surface area contributed by atoms with E-state index in [4.69, 9.17) is 14.2 Å². The molecule has 0 aliphatic rings. The lowest BCUT2D eigenvalue weighted by atomic mass is 10.0. The Morgan fingerprint density at radius 3 is 0.787 bits per heavy atom. The zero-order chi connectivity index (χ0) is 57.8. The number of carbonyl (C=O) groups excluding carboxylic acids is 3. The van der Waals surface area contributed by atoms with Gasteiger partial charge in [-0.2, -0.15) is 0 Å². The van der Waals surface area contributed by atoms with Gasteiger partial charge in [-0.15, -0.1) is 0 Å². The van der Waals surface area contributed by atoms with E-state index in [0.29, 0.717) is 19.3 Å². The molecule has 0 heterocycles. The van der Waals surface area contributed by atoms with Crippen LogP contribution in [0.5, 0.6) is 0 Å². The quantitative estimate of drug-likeness (QED) is 0.0261. The molecule has 0 saturated carbocycles. The standard InChI is InChI=1S/C74H128O6/c1-4-7-10-13-16-19-22-25-28-30-32-33-34-35-36-37-38-39-40-41-42-44-46-49-52-55-58-61-64-67-73(76)79-70-71(69-78-72(75)66-63-60-57-54-51-48-45-27-24-21-18-15-12-9-6-3)80-74(77)68-65-62-59-56-53-50-47-43-31-29-26-23-20-17-14-11-8-5-2/h7,10,16,19-20,23,25,27-29,31-33,35-36,45,71H,4-6,8-9,11-15,17-18,21-22,24,26,30,34,37-44,46-70H2,1-3H3/b10-7-,19-16-,23-20-,28-25-,31-29-,33-32-,36-35-,45-27-. The van der Waals surface area contributed by atoms with Gasteiger partial charge in [-0.3, -0.25) is 14.4 Å². The maximum Gasteiger partial charge on any atom is 0.306 e. The number of unbranched alkanes of at least 4 members (excludes halogenated alkanes) is 35. The van der Waals surface area contributed by atoms with Gasteiger partial charge in [0, 0.05) is 19.3 Å². The molecule has 1 unspecified atom stereocenters. The first-order valence-corrected chi connectivity index (χ1v) is 34.2. The number of esters is 3. The van der Waals surface area contributed by atoms with E-state index >= 15 is 0 Å². The van der Waals surface area contributed by atoms with Crippen LogP contribution in [0, 0.1) is 0 Å². The van der Waals surface area contributed by atoms with Crippen molar-refractivity contribution in [1.82, 2.24) is 0 Å². The van der Waals surface area contributed by atoms with Crippen molar-refractivity contribution in [3.8, 4) is 0 Å². The molecular formula is C74H128O6. The molecular weight excluding hydrogens is 985 g/mol. The summed E-state index contributed by atoms with van der Waals surface area (Å²) in [5.74, 6) is -0.885. The zero-order valence-corrected chi connectivity index (χ0v) is 52.8. The number of allylic oxidation sites excluding steroid dienone is 16. The van der Waals surface area contributed by atoms with Crippen LogP contribution in [-0.4, -0.2) is 37.2 Å². The zero-order valence-electron chi connectivity index (χ0n) is 52.8. The van der Waals surface area contributed by atoms with Crippen molar-refractivity contribution in [3.63, 3.8) is 0 Å². The van der Waals surface area contributed by atoms with Crippen LogP contribution in [0.4, 0.5) is 0 Å². The molecule has 0 aromatic rings. The largest absolute Gasteiger partial charge is 0.462 e. The highest BCUT2D eigenvalue weighted by Gasteiger charge is 2.19. The Balaban J connectivity index is 4.30. The summed E-state index contributed by atoms with van der Waals surface area (Å²) < 4.78 is 17.0. The summed E-state index contributed by atoms with van der Waals surface area (Å²) in [6.07, 6.45) is 91.3. The lowest BCUT2D eigenvalue weighted by Gasteiger charge is -2.18. The van der Waals surface area contributed by atoms with Crippen molar-refractivity contribution >= 4 is 17.9 Å². The summed E-state index contributed by atoms with van der Waals surface area (Å²) in [6.45, 7) is 6.53. The molecule has 0 bridgehead atoms. The van der Waals surface area contributed by atoms with E-state index in [0.717, 1.165) is 109 Å². The van der Waals surface area contributed by atoms with Gasteiger partial charge < -0.3 is 14.2 Å². The van der Waals surface area contributed by atoms with Gasteiger partial charge in [-0.1, -0.05) is 291 Å². The monoisotopic (exact) mass is 1110 g/mol. The molecule has 80 heavy (non-hydrogen) atoms. The molecule has 0 aliphatic heterocycles. The van der Waals surface area contributed by atoms with Crippen molar-refractivity contribution in [1.29, 1.82) is 0 Å². The molecule has 0 amide bonds. The minimum Gasteiger partial charge on any atom is -0.462 e. The Morgan fingerprint density at radius 2 is 0.487 bits per heavy atom. The minimum absolute atomic E-state index is 0.0820. The second-order valence-electron chi connectivity index (χ2n) is 22.7. The van der Waals surface area contributed by atoms with Crippen molar-refractivity contribution in [3.05, 3.63) is 97.2 Å². The van der Waals surface area contributed by atoms with Gasteiger partial charge in [0.1, 0.15) is 13.2 Å². The van der Waals surface area contributed by atoms with Crippen LogP contribution < -0.4 is 0 Å². The lowest BCUT2D eigenvalue weighted by Crippen LogP contribution is -2.30. The molecule has 0 aliphatic carbocycles. The third-order valence-electron chi connectivity index (χ3n) is 14.8. The van der Waals surface area contributed by atoms with Gasteiger partial charge in [0.05, 0.1) is 0 Å². The van der Waals surface area contributed by atoms with E-state index in [1.54, 1.807) is 0 Å². The smallest absolute Gasteiger partial charge is 0.306 e. The van der Waals surface area contributed by atoms with E-state index < -0.39 is 6.10 Å². The molecule has 0 spiro atoms. The molecule has 0 N–H and O–H groups in total. The molecule has 460 valence electrons. The molecule has 0 radical (unpaired) electrons. The van der Waals surface area contributed by atoms with Crippen molar-refractivity contribution in [2.24, 2.45) is 0 Å². The van der Waals surface area contributed by atoms with Gasteiger partial charge in [0.25, 0.3) is 0 Å². The van der Waals surface area contributed by atoms with Crippen LogP contribution in [0.2, 0.25) is 0 Å². The first kappa shape index (κ1) is 76.3. The van der Waals surface area contributed by atoms with Crippen molar-refractivity contribution < 1.29 is 28.6 Å². The van der Waals surface area contributed by atoms with Crippen molar-refractivity contribution in [2.45, 2.75) is 341 Å². The Morgan fingerprint density at radius 1 is 0.263 bits per heavy atom. The Hall–Kier alpha value is -3.67. The summed E-state index contributed by atoms with van der Waals surface area (Å²) in [4.78, 5) is 38.4. The normalized spacial score (nSPS) is 12.7. The summed E-state index contributed by atoms with van der Waals surface area (Å²) >= 11 is 0. The molecule has 0 aromatic carbocycles. The summed E-state index contributed by atoms with van der Waals surface area (Å²) in [5, 5.41) is 0. The molecule has 0 rings (SSSR count). The van der Waals surface area contributed by atoms with Crippen LogP contribution >= 0.6 is 0 Å². The molecule has 6 heteroatoms. The second-order valence-corrected chi connectivity index (χ2v) is 22.7. The number of ether oxygens (including phenoxy) is 3. The second kappa shape index (κ2) is 67.8. The summed E-state index contributed by atoms with van der Waals surface area (Å²) in [7, 11) is 0. The average Bonchev–Trinajstić information content (AvgIpc) is 3.46. The fourth-order valence-electron chi connectivity index (χ4n) is 9.67. The van der Waals surface area contributed by atoms with E-state index in [1.807, 2.05) is 0 Å². The van der Waals surface area contributed by atoms with Crippen molar-refractivity contribution in [2.75, 3.05) is 13.2 Å². The number of hydrogen-bond acceptors (Lipinski definition) is 6. The minimum atomic E-state index is -0.787. The third kappa shape index (κ3) is 65.1. The van der Waals surface area contributed by atoms with Gasteiger partial charge in [0.15, 0.2) is 6.10 Å². The van der Waals surface area contributed by atoms with Crippen LogP contribution in [0.3, 0.4) is 0 Å². The van der Waals surface area contributed by atoms with Gasteiger partial charge in [-0.25, -0.2) is 0 Å². The first-order chi connectivity index (χ1) is 39.5. The fraction of sp³-hybridized carbons (Fsp3) is 0.743. The topological polar surface area (TPSA) is 78.9 Å².